The number of amides is 2. The van der Waals surface area contributed by atoms with Crippen LogP contribution in [0.1, 0.15) is 56.5 Å². The SMILES string of the molecule is CON1C(=O)CCC1=O.CON=C(C)C.COc1c(Cl)c(Cl)c(C)c(Cl)c1Cl.COc1c(F)c(F)cc(F)c1F.COc1ccc([N+](=O)[O-])cc1.COc1ccc([N+](=O)[O-])cc1[N+](=O)[O-].COn1nnc2ccccc21.CSC1=NCCC1.Cn1ccnc1.Cn1ccnn1.Cn1cnc(C#N)c1C#N.Cn1cncn1. The fourth-order valence-corrected chi connectivity index (χ4v) is 9.03. The van der Waals surface area contributed by atoms with E-state index in [1.54, 1.807) is 85.6 Å². The van der Waals surface area contributed by atoms with Gasteiger partial charge in [-0.05, 0) is 81.0 Å². The van der Waals surface area contributed by atoms with E-state index < -0.39 is 49.5 Å². The molecule has 0 N–H and O–H groups in total. The number of aryl methyl sites for hydroxylation is 4. The fraction of sp³-hybridized carbons (Fsp3) is 0.303. The number of imidazole rings is 2. The lowest BCUT2D eigenvalue weighted by Crippen LogP contribution is -2.27. The monoisotopic (exact) mass is 1650 g/mol. The predicted molar refractivity (Wildman–Crippen MR) is 403 cm³/mol. The number of aromatic nitrogens is 13. The number of hydrogen-bond donors (Lipinski definition) is 0. The van der Waals surface area contributed by atoms with Crippen molar-refractivity contribution in [3.8, 4) is 35.1 Å². The summed E-state index contributed by atoms with van der Waals surface area (Å²) in [5.74, 6) is -6.64. The van der Waals surface area contributed by atoms with Crippen molar-refractivity contribution in [1.29, 1.82) is 10.5 Å². The topological polar surface area (TPSA) is 431 Å². The Morgan fingerprint density at radius 2 is 1.25 bits per heavy atom. The molecular formula is C66H75Cl4F4N21O15S. The van der Waals surface area contributed by atoms with Crippen LogP contribution in [0.4, 0.5) is 34.6 Å². The summed E-state index contributed by atoms with van der Waals surface area (Å²) in [6.07, 6.45) is 18.5. The molecule has 0 aliphatic carbocycles. The molecule has 0 spiro atoms. The first-order valence-electron chi connectivity index (χ1n) is 30.9. The Bertz CT molecular complexity index is 4540. The van der Waals surface area contributed by atoms with E-state index in [2.05, 4.69) is 76.2 Å². The molecule has 596 valence electrons. The highest BCUT2D eigenvalue weighted by Gasteiger charge is 2.29. The maximum atomic E-state index is 12.5. The Balaban J connectivity index is 0.000000611. The van der Waals surface area contributed by atoms with Gasteiger partial charge in [-0.15, -0.1) is 22.0 Å². The zero-order chi connectivity index (χ0) is 83.9. The number of rotatable bonds is 10. The summed E-state index contributed by atoms with van der Waals surface area (Å²) in [6.45, 7) is 6.56. The van der Waals surface area contributed by atoms with Gasteiger partial charge >= 0.3 is 5.69 Å². The Morgan fingerprint density at radius 1 is 0.658 bits per heavy atom. The number of hydroxylamine groups is 2. The minimum Gasteiger partial charge on any atom is -0.497 e. The summed E-state index contributed by atoms with van der Waals surface area (Å²) >= 11 is 25.3. The Morgan fingerprint density at radius 3 is 1.59 bits per heavy atom. The van der Waals surface area contributed by atoms with E-state index in [0.29, 0.717) is 32.8 Å². The van der Waals surface area contributed by atoms with Gasteiger partial charge in [-0.2, -0.15) is 29.5 Å². The first-order chi connectivity index (χ1) is 52.7. The molecule has 0 atom stereocenters. The molecule has 12 rings (SSSR count). The van der Waals surface area contributed by atoms with Gasteiger partial charge in [0, 0.05) is 90.4 Å². The van der Waals surface area contributed by atoms with Crippen LogP contribution >= 0.6 is 58.2 Å². The van der Waals surface area contributed by atoms with Crippen molar-refractivity contribution in [2.45, 2.75) is 46.5 Å². The van der Waals surface area contributed by atoms with Gasteiger partial charge in [0.25, 0.3) is 23.2 Å². The molecule has 2 amide bonds. The molecule has 5 aromatic heterocycles. The van der Waals surface area contributed by atoms with Crippen LogP contribution in [0.15, 0.2) is 133 Å². The van der Waals surface area contributed by atoms with E-state index >= 15 is 0 Å². The first kappa shape index (κ1) is 96.9. The summed E-state index contributed by atoms with van der Waals surface area (Å²) in [7, 11) is 16.8. The van der Waals surface area contributed by atoms with Gasteiger partial charge in [-0.25, -0.2) is 23.7 Å². The minimum atomic E-state index is -1.53. The van der Waals surface area contributed by atoms with Crippen molar-refractivity contribution in [2.24, 2.45) is 38.3 Å². The number of imide groups is 1. The number of carbonyl (C=O) groups excluding carboxylic acids is 2. The summed E-state index contributed by atoms with van der Waals surface area (Å²) in [5.41, 5.74) is 3.14. The van der Waals surface area contributed by atoms with Gasteiger partial charge in [0.05, 0.1) is 96.0 Å². The number of ether oxygens (including phenoxy) is 4. The lowest BCUT2D eigenvalue weighted by atomic mass is 10.2. The molecule has 5 aromatic carbocycles. The van der Waals surface area contributed by atoms with E-state index in [-0.39, 0.29) is 63.6 Å². The van der Waals surface area contributed by atoms with Crippen LogP contribution in [0.25, 0.3) is 11.0 Å². The Hall–Kier alpha value is -12.2. The number of nitriles is 2. The van der Waals surface area contributed by atoms with Crippen LogP contribution < -0.4 is 23.8 Å². The second-order valence-corrected chi connectivity index (χ2v) is 23.0. The number of para-hydroxylation sites is 1. The number of non-ortho nitro benzene ring substituents is 2. The molecule has 111 heavy (non-hydrogen) atoms. The van der Waals surface area contributed by atoms with E-state index in [1.165, 1.54) is 93.7 Å². The van der Waals surface area contributed by atoms with Gasteiger partial charge in [-0.1, -0.05) is 73.8 Å². The number of nitrogens with zero attached hydrogens (tertiary/aromatic N) is 21. The highest BCUT2D eigenvalue weighted by molar-refractivity contribution is 8.13. The third kappa shape index (κ3) is 34.3. The number of methoxy groups -OCH3 is 4. The van der Waals surface area contributed by atoms with Crippen molar-refractivity contribution in [3.05, 3.63) is 214 Å². The van der Waals surface area contributed by atoms with Crippen LogP contribution in [0.2, 0.25) is 20.1 Å². The molecule has 0 unspecified atom stereocenters. The Labute approximate surface area is 656 Å². The van der Waals surface area contributed by atoms with Crippen molar-refractivity contribution < 1.29 is 75.4 Å². The smallest absolute Gasteiger partial charge is 0.317 e. The second kappa shape index (κ2) is 52.8. The zero-order valence-corrected chi connectivity index (χ0v) is 65.9. The van der Waals surface area contributed by atoms with Crippen LogP contribution in [0.5, 0.6) is 23.0 Å². The minimum absolute atomic E-state index is 0.000556. The number of benzene rings is 5. The van der Waals surface area contributed by atoms with Gasteiger partial charge in [0.1, 0.15) is 65.8 Å². The van der Waals surface area contributed by atoms with Gasteiger partial charge < -0.3 is 37.8 Å². The average molecular weight is 1650 g/mol. The number of carbonyl (C=O) groups is 2. The first-order valence-corrected chi connectivity index (χ1v) is 33.6. The molecule has 0 saturated carbocycles. The summed E-state index contributed by atoms with van der Waals surface area (Å²) in [6, 6.07) is 20.5. The van der Waals surface area contributed by atoms with Gasteiger partial charge in [-0.3, -0.25) is 59.1 Å². The molecule has 10 aromatic rings. The number of aliphatic imine (C=N–C) groups is 1. The van der Waals surface area contributed by atoms with Crippen LogP contribution in [-0.4, -0.2) is 169 Å². The largest absolute Gasteiger partial charge is 0.497 e. The molecule has 2 aliphatic heterocycles. The molecule has 0 radical (unpaired) electrons. The van der Waals surface area contributed by atoms with E-state index in [9.17, 15) is 57.5 Å². The normalized spacial score (nSPS) is 10.8. The van der Waals surface area contributed by atoms with Crippen LogP contribution in [0, 0.1) is 83.2 Å². The maximum absolute atomic E-state index is 12.5. The lowest BCUT2D eigenvalue weighted by Gasteiger charge is -2.11. The van der Waals surface area contributed by atoms with Crippen LogP contribution in [-0.2, 0) is 47.5 Å². The van der Waals surface area contributed by atoms with Gasteiger partial charge in [0.2, 0.25) is 11.6 Å². The number of fused-ring (bicyclic) bond motifs is 1. The summed E-state index contributed by atoms with van der Waals surface area (Å²) in [4.78, 5) is 80.8. The van der Waals surface area contributed by atoms with Crippen molar-refractivity contribution >= 4 is 109 Å². The molecule has 45 heteroatoms. The number of nitro groups is 3. The highest BCUT2D eigenvalue weighted by atomic mass is 35.5. The standard InChI is InChI=1S/C8H6Cl4O.C7H4F4O.C7H7N3O.C7H6N2O5.C7H7NO3.C6H4N4.C5H7NO3.C5H9NS.C4H6N2.C4H9NO.2C3H5N3/c1-3-4(9)6(11)8(13-2)7(12)5(3)10;1-12-7-5(10)3(8)2-4(9)6(7)11;1-11-10-7-5-3-2-4-6(7)8-9-10;1-14-7-3-2-5(8(10)11)4-6(7)9(12)13;1-11-7-4-2-6(3-5-7)8(9)10;1-10-4-9-5(2-7)6(10)3-8;1-9-6-4(7)2-3-5(6)8;1-7-5-3-2-4-6-5;1-6-3-2-5-4-6;1-4(2)5-6-3;1-6-3-4-2-5-6;1-6-3-2-4-5-6/h1-2H3;2H,1H3;2-5H,1H3;2-4H,1H3;2-5H,1H3;4H,1H3;2-3H2,1H3;2-4H2,1H3;2-4H,1H3;1-3H3;2*2-3H,1H3. The van der Waals surface area contributed by atoms with Gasteiger partial charge in [0.15, 0.2) is 40.3 Å². The predicted octanol–water partition coefficient (Wildman–Crippen LogP) is 13.0. The van der Waals surface area contributed by atoms with Crippen molar-refractivity contribution in [2.75, 3.05) is 62.6 Å². The fourth-order valence-electron chi connectivity index (χ4n) is 7.38. The molecule has 1 saturated heterocycles. The van der Waals surface area contributed by atoms with E-state index in [4.69, 9.17) is 71.2 Å². The maximum Gasteiger partial charge on any atom is 0.317 e. The van der Waals surface area contributed by atoms with E-state index in [1.807, 2.05) is 82.2 Å². The second-order valence-electron chi connectivity index (χ2n) is 20.6. The third-order valence-electron chi connectivity index (χ3n) is 12.7. The van der Waals surface area contributed by atoms with E-state index in [0.717, 1.165) is 47.6 Å². The molecule has 7 heterocycles. The average Bonchev–Trinajstić information content (AvgIpc) is 1.81. The third-order valence-corrected chi connectivity index (χ3v) is 15.3. The number of nitro benzene ring substituents is 3. The lowest BCUT2D eigenvalue weighted by molar-refractivity contribution is -0.394. The van der Waals surface area contributed by atoms with Crippen molar-refractivity contribution in [1.82, 2.24) is 69.1 Å². The number of halogens is 8. The summed E-state index contributed by atoms with van der Waals surface area (Å²) < 4.78 is 75.0. The highest BCUT2D eigenvalue weighted by Crippen LogP contribution is 2.45. The number of thioether (sulfide) groups is 1. The number of hydrogen-bond acceptors (Lipinski definition) is 28. The number of oxime groups is 1. The molecule has 1 fully saturated rings. The molecule has 0 bridgehead atoms. The molecule has 36 nitrogen and oxygen atoms in total. The van der Waals surface area contributed by atoms with Crippen molar-refractivity contribution in [3.63, 3.8) is 0 Å². The zero-order valence-electron chi connectivity index (χ0n) is 62.0. The summed E-state index contributed by atoms with van der Waals surface area (Å²) in [5, 5.41) is 73.2. The van der Waals surface area contributed by atoms with Crippen LogP contribution in [0.3, 0.4) is 0 Å². The quantitative estimate of drug-likeness (QED) is 0.0306. The molecule has 2 aliphatic rings. The molecular weight excluding hydrogens is 1580 g/mol. The Kier molecular flexibility index (Phi) is 46.1.